The van der Waals surface area contributed by atoms with Gasteiger partial charge in [-0.3, -0.25) is 4.72 Å². The van der Waals surface area contributed by atoms with Gasteiger partial charge in [-0.05, 0) is 36.6 Å². The van der Waals surface area contributed by atoms with Gasteiger partial charge in [-0.2, -0.15) is 12.7 Å². The van der Waals surface area contributed by atoms with Crippen LogP contribution in [0.15, 0.2) is 18.2 Å². The van der Waals surface area contributed by atoms with E-state index in [-0.39, 0.29) is 6.54 Å². The minimum Gasteiger partial charge on any atom is -0.326 e. The molecule has 112 valence electrons. The van der Waals surface area contributed by atoms with E-state index >= 15 is 0 Å². The third kappa shape index (κ3) is 3.68. The van der Waals surface area contributed by atoms with Crippen molar-refractivity contribution in [2.75, 3.05) is 17.8 Å². The predicted molar refractivity (Wildman–Crippen MR) is 76.9 cm³/mol. The SMILES string of the molecule is NCc1cc(F)ccc1NS(=O)(=O)N1CCCCCC1. The molecule has 0 aromatic heterocycles. The Labute approximate surface area is 119 Å². The molecule has 1 aliphatic rings. The van der Waals surface area contributed by atoms with Gasteiger partial charge in [0.1, 0.15) is 5.82 Å². The Hall–Kier alpha value is -1.18. The van der Waals surface area contributed by atoms with Gasteiger partial charge in [0.25, 0.3) is 0 Å². The number of nitrogens with zero attached hydrogens (tertiary/aromatic N) is 1. The van der Waals surface area contributed by atoms with Gasteiger partial charge < -0.3 is 5.73 Å². The molecule has 0 radical (unpaired) electrons. The molecule has 0 spiro atoms. The van der Waals surface area contributed by atoms with Crippen LogP contribution in [0, 0.1) is 5.82 Å². The monoisotopic (exact) mass is 301 g/mol. The maximum Gasteiger partial charge on any atom is 0.301 e. The van der Waals surface area contributed by atoms with Crippen molar-refractivity contribution in [2.45, 2.75) is 32.2 Å². The van der Waals surface area contributed by atoms with Crippen molar-refractivity contribution < 1.29 is 12.8 Å². The third-order valence-electron chi connectivity index (χ3n) is 3.43. The first-order valence-corrected chi connectivity index (χ1v) is 8.23. The van der Waals surface area contributed by atoms with E-state index in [4.69, 9.17) is 5.73 Å². The molecule has 1 fully saturated rings. The van der Waals surface area contributed by atoms with Crippen molar-refractivity contribution in [2.24, 2.45) is 5.73 Å². The van der Waals surface area contributed by atoms with E-state index in [2.05, 4.69) is 4.72 Å². The van der Waals surface area contributed by atoms with E-state index in [0.717, 1.165) is 25.7 Å². The van der Waals surface area contributed by atoms with Gasteiger partial charge in [0.05, 0.1) is 5.69 Å². The Kier molecular flexibility index (Phi) is 4.95. The van der Waals surface area contributed by atoms with Crippen molar-refractivity contribution in [1.29, 1.82) is 0 Å². The molecule has 20 heavy (non-hydrogen) atoms. The quantitative estimate of drug-likeness (QED) is 0.890. The Morgan fingerprint density at radius 2 is 1.85 bits per heavy atom. The summed E-state index contributed by atoms with van der Waals surface area (Å²) in [6.07, 6.45) is 3.84. The minimum atomic E-state index is -3.60. The molecule has 0 atom stereocenters. The van der Waals surface area contributed by atoms with Crippen LogP contribution in [0.5, 0.6) is 0 Å². The average molecular weight is 301 g/mol. The zero-order valence-corrected chi connectivity index (χ0v) is 12.1. The summed E-state index contributed by atoms with van der Waals surface area (Å²) in [5, 5.41) is 0. The summed E-state index contributed by atoms with van der Waals surface area (Å²) in [7, 11) is -3.60. The first-order valence-electron chi connectivity index (χ1n) is 6.79. The maximum absolute atomic E-state index is 13.1. The van der Waals surface area contributed by atoms with Crippen LogP contribution in [0.1, 0.15) is 31.2 Å². The normalized spacial score (nSPS) is 17.7. The van der Waals surface area contributed by atoms with E-state index in [1.165, 1.54) is 22.5 Å². The van der Waals surface area contributed by atoms with E-state index in [1.54, 1.807) is 0 Å². The average Bonchev–Trinajstić information content (AvgIpc) is 2.70. The van der Waals surface area contributed by atoms with Crippen molar-refractivity contribution in [3.05, 3.63) is 29.6 Å². The van der Waals surface area contributed by atoms with Crippen molar-refractivity contribution >= 4 is 15.9 Å². The molecule has 1 saturated heterocycles. The second-order valence-electron chi connectivity index (χ2n) is 4.93. The zero-order chi connectivity index (χ0) is 14.6. The molecule has 1 aromatic carbocycles. The number of nitrogens with two attached hydrogens (primary N) is 1. The fraction of sp³-hybridized carbons (Fsp3) is 0.538. The molecule has 2 rings (SSSR count). The molecule has 7 heteroatoms. The van der Waals surface area contributed by atoms with Crippen LogP contribution >= 0.6 is 0 Å². The summed E-state index contributed by atoms with van der Waals surface area (Å²) in [6, 6.07) is 3.88. The second-order valence-corrected chi connectivity index (χ2v) is 6.60. The molecular formula is C13H20FN3O2S. The van der Waals surface area contributed by atoms with Gasteiger partial charge >= 0.3 is 10.2 Å². The number of anilines is 1. The third-order valence-corrected chi connectivity index (χ3v) is 4.95. The largest absolute Gasteiger partial charge is 0.326 e. The lowest BCUT2D eigenvalue weighted by atomic mass is 10.2. The number of nitrogens with one attached hydrogen (secondary N) is 1. The molecule has 1 heterocycles. The van der Waals surface area contributed by atoms with E-state index in [1.807, 2.05) is 0 Å². The topological polar surface area (TPSA) is 75.4 Å². The highest BCUT2D eigenvalue weighted by atomic mass is 32.2. The van der Waals surface area contributed by atoms with Gasteiger partial charge in [-0.1, -0.05) is 12.8 Å². The van der Waals surface area contributed by atoms with Crippen molar-refractivity contribution in [3.8, 4) is 0 Å². The van der Waals surface area contributed by atoms with Crippen LogP contribution in [-0.4, -0.2) is 25.8 Å². The van der Waals surface area contributed by atoms with E-state index in [9.17, 15) is 12.8 Å². The Morgan fingerprint density at radius 1 is 1.20 bits per heavy atom. The van der Waals surface area contributed by atoms with E-state index in [0.29, 0.717) is 24.3 Å². The summed E-state index contributed by atoms with van der Waals surface area (Å²) in [4.78, 5) is 0. The fourth-order valence-electron chi connectivity index (χ4n) is 2.32. The number of hydrogen-bond acceptors (Lipinski definition) is 3. The van der Waals surface area contributed by atoms with Crippen molar-refractivity contribution in [1.82, 2.24) is 4.31 Å². The van der Waals surface area contributed by atoms with E-state index < -0.39 is 16.0 Å². The van der Waals surface area contributed by atoms with Crippen LogP contribution in [0.3, 0.4) is 0 Å². The second kappa shape index (κ2) is 6.51. The molecule has 0 amide bonds. The molecule has 0 saturated carbocycles. The smallest absolute Gasteiger partial charge is 0.301 e. The summed E-state index contributed by atoms with van der Waals surface area (Å²) >= 11 is 0. The first-order chi connectivity index (χ1) is 9.53. The van der Waals surface area contributed by atoms with Crippen molar-refractivity contribution in [3.63, 3.8) is 0 Å². The molecular weight excluding hydrogens is 281 g/mol. The minimum absolute atomic E-state index is 0.0790. The number of benzene rings is 1. The van der Waals surface area contributed by atoms with Crippen LogP contribution in [-0.2, 0) is 16.8 Å². The maximum atomic E-state index is 13.1. The predicted octanol–water partition coefficient (Wildman–Crippen LogP) is 1.82. The Balaban J connectivity index is 2.19. The molecule has 1 aromatic rings. The molecule has 1 aliphatic heterocycles. The standard InChI is InChI=1S/C13H20FN3O2S/c14-12-5-6-13(11(9-12)10-15)16-20(18,19)17-7-3-1-2-4-8-17/h5-6,9,16H,1-4,7-8,10,15H2. The van der Waals surface area contributed by atoms with Gasteiger partial charge in [0, 0.05) is 19.6 Å². The Bertz CT molecular complexity index is 555. The van der Waals surface area contributed by atoms with Gasteiger partial charge in [0.2, 0.25) is 0 Å². The highest BCUT2D eigenvalue weighted by Gasteiger charge is 2.23. The number of hydrogen-bond donors (Lipinski definition) is 2. The molecule has 5 nitrogen and oxygen atoms in total. The lowest BCUT2D eigenvalue weighted by Crippen LogP contribution is -2.36. The molecule has 3 N–H and O–H groups in total. The highest BCUT2D eigenvalue weighted by molar-refractivity contribution is 7.90. The lowest BCUT2D eigenvalue weighted by Gasteiger charge is -2.21. The first kappa shape index (κ1) is 15.2. The summed E-state index contributed by atoms with van der Waals surface area (Å²) in [5.74, 6) is -0.428. The molecule has 0 bridgehead atoms. The van der Waals surface area contributed by atoms with Crippen LogP contribution in [0.2, 0.25) is 0 Å². The lowest BCUT2D eigenvalue weighted by molar-refractivity contribution is 0.427. The van der Waals surface area contributed by atoms with Gasteiger partial charge in [-0.15, -0.1) is 0 Å². The number of halogens is 1. The molecule has 0 unspecified atom stereocenters. The zero-order valence-electron chi connectivity index (χ0n) is 11.3. The number of rotatable bonds is 4. The summed E-state index contributed by atoms with van der Waals surface area (Å²) in [6.45, 7) is 1.12. The van der Waals surface area contributed by atoms with Crippen LogP contribution in [0.25, 0.3) is 0 Å². The Morgan fingerprint density at radius 3 is 2.45 bits per heavy atom. The van der Waals surface area contributed by atoms with Gasteiger partial charge in [-0.25, -0.2) is 4.39 Å². The van der Waals surface area contributed by atoms with Crippen LogP contribution < -0.4 is 10.5 Å². The highest BCUT2D eigenvalue weighted by Crippen LogP contribution is 2.20. The summed E-state index contributed by atoms with van der Waals surface area (Å²) in [5.41, 5.74) is 6.32. The molecule has 0 aliphatic carbocycles. The summed E-state index contributed by atoms with van der Waals surface area (Å²) < 4.78 is 41.8. The fourth-order valence-corrected chi connectivity index (χ4v) is 3.66. The van der Waals surface area contributed by atoms with Gasteiger partial charge in [0.15, 0.2) is 0 Å². The van der Waals surface area contributed by atoms with Crippen LogP contribution in [0.4, 0.5) is 10.1 Å².